The third kappa shape index (κ3) is 4.80. The van der Waals surface area contributed by atoms with E-state index in [1.807, 2.05) is 43.3 Å². The summed E-state index contributed by atoms with van der Waals surface area (Å²) in [7, 11) is 0. The number of carbonyl (C=O) groups excluding carboxylic acids is 2. The van der Waals surface area contributed by atoms with Crippen LogP contribution < -0.4 is 10.9 Å². The van der Waals surface area contributed by atoms with Crippen LogP contribution in [0.1, 0.15) is 25.6 Å². The topological polar surface area (TPSA) is 98.4 Å². The summed E-state index contributed by atoms with van der Waals surface area (Å²) in [5.74, 6) is 0.359. The van der Waals surface area contributed by atoms with E-state index in [1.54, 1.807) is 28.0 Å². The maximum absolute atomic E-state index is 13.1. The van der Waals surface area contributed by atoms with Gasteiger partial charge in [0.25, 0.3) is 5.56 Å². The number of piperidine rings is 1. The number of amides is 3. The first-order chi connectivity index (χ1) is 15.5. The highest BCUT2D eigenvalue weighted by Crippen LogP contribution is 2.21. The molecule has 1 aliphatic heterocycles. The quantitative estimate of drug-likeness (QED) is 0.645. The van der Waals surface area contributed by atoms with Crippen LogP contribution in [-0.2, 0) is 11.3 Å². The number of rotatable bonds is 5. The summed E-state index contributed by atoms with van der Waals surface area (Å²) in [6.45, 7) is 3.74. The number of nitrogens with zero attached hydrogens (tertiary/aromatic N) is 3. The Bertz CT molecular complexity index is 1150. The molecule has 32 heavy (non-hydrogen) atoms. The Morgan fingerprint density at radius 2 is 1.78 bits per heavy atom. The molecular weight excluding hydrogens is 406 g/mol. The van der Waals surface area contributed by atoms with Gasteiger partial charge < -0.3 is 20.1 Å². The Kier molecular flexibility index (Phi) is 6.49. The molecule has 0 atom stereocenters. The molecule has 4 rings (SSSR count). The number of para-hydroxylation sites is 2. The SMILES string of the molecule is CCN(Cc1nc2ccccc2c(=O)[nH]1)C(=O)C1CCN(C(=O)Nc2ccccc2)CC1. The highest BCUT2D eigenvalue weighted by Gasteiger charge is 2.30. The lowest BCUT2D eigenvalue weighted by Crippen LogP contribution is -2.45. The number of carbonyl (C=O) groups is 2. The number of aromatic nitrogens is 2. The molecule has 0 radical (unpaired) electrons. The molecule has 8 heteroatoms. The van der Waals surface area contributed by atoms with Crippen molar-refractivity contribution in [3.05, 3.63) is 70.8 Å². The van der Waals surface area contributed by atoms with Crippen molar-refractivity contribution in [2.45, 2.75) is 26.3 Å². The van der Waals surface area contributed by atoms with E-state index in [9.17, 15) is 14.4 Å². The predicted octanol–water partition coefficient (Wildman–Crippen LogP) is 3.22. The summed E-state index contributed by atoms with van der Waals surface area (Å²) in [6.07, 6.45) is 1.22. The van der Waals surface area contributed by atoms with Gasteiger partial charge >= 0.3 is 6.03 Å². The Hall–Kier alpha value is -3.68. The zero-order chi connectivity index (χ0) is 22.5. The smallest absolute Gasteiger partial charge is 0.321 e. The van der Waals surface area contributed by atoms with Crippen LogP contribution in [0.3, 0.4) is 0 Å². The van der Waals surface area contributed by atoms with Gasteiger partial charge in [0, 0.05) is 31.2 Å². The summed E-state index contributed by atoms with van der Waals surface area (Å²) in [6, 6.07) is 16.3. The second kappa shape index (κ2) is 9.64. The summed E-state index contributed by atoms with van der Waals surface area (Å²) in [5, 5.41) is 3.43. The van der Waals surface area contributed by atoms with Crippen molar-refractivity contribution in [2.24, 2.45) is 5.92 Å². The summed E-state index contributed by atoms with van der Waals surface area (Å²) in [5.41, 5.74) is 1.17. The second-order valence-electron chi connectivity index (χ2n) is 7.94. The Morgan fingerprint density at radius 3 is 2.50 bits per heavy atom. The Balaban J connectivity index is 1.36. The van der Waals surface area contributed by atoms with Gasteiger partial charge in [-0.05, 0) is 44.0 Å². The van der Waals surface area contributed by atoms with Crippen LogP contribution in [0.15, 0.2) is 59.4 Å². The molecule has 1 saturated heterocycles. The summed E-state index contributed by atoms with van der Waals surface area (Å²) in [4.78, 5) is 48.7. The van der Waals surface area contributed by atoms with Crippen LogP contribution in [-0.4, -0.2) is 51.3 Å². The van der Waals surface area contributed by atoms with E-state index in [4.69, 9.17) is 0 Å². The Morgan fingerprint density at radius 1 is 1.09 bits per heavy atom. The first-order valence-corrected chi connectivity index (χ1v) is 10.9. The third-order valence-electron chi connectivity index (χ3n) is 5.85. The lowest BCUT2D eigenvalue weighted by atomic mass is 9.95. The normalized spacial score (nSPS) is 14.3. The summed E-state index contributed by atoms with van der Waals surface area (Å²) < 4.78 is 0. The van der Waals surface area contributed by atoms with Gasteiger partial charge in [0.05, 0.1) is 17.4 Å². The molecule has 3 aromatic rings. The van der Waals surface area contributed by atoms with Crippen LogP contribution in [0, 0.1) is 5.92 Å². The standard InChI is InChI=1S/C24H27N5O3/c1-2-28(16-21-26-20-11-7-6-10-19(20)22(30)27-21)23(31)17-12-14-29(15-13-17)24(32)25-18-8-4-3-5-9-18/h3-11,17H,2,12-16H2,1H3,(H,25,32)(H,26,27,30). The van der Waals surface area contributed by atoms with Crippen molar-refractivity contribution in [2.75, 3.05) is 25.0 Å². The summed E-state index contributed by atoms with van der Waals surface area (Å²) >= 11 is 0. The number of aromatic amines is 1. The molecular formula is C24H27N5O3. The zero-order valence-electron chi connectivity index (χ0n) is 18.1. The van der Waals surface area contributed by atoms with Gasteiger partial charge in [-0.15, -0.1) is 0 Å². The first kappa shape index (κ1) is 21.5. The number of nitrogens with one attached hydrogen (secondary N) is 2. The van der Waals surface area contributed by atoms with Gasteiger partial charge in [0.1, 0.15) is 5.82 Å². The number of hydrogen-bond donors (Lipinski definition) is 2. The van der Waals surface area contributed by atoms with E-state index in [-0.39, 0.29) is 30.0 Å². The number of urea groups is 1. The van der Waals surface area contributed by atoms with Gasteiger partial charge in [-0.1, -0.05) is 30.3 Å². The molecule has 1 aromatic heterocycles. The van der Waals surface area contributed by atoms with Crippen molar-refractivity contribution < 1.29 is 9.59 Å². The first-order valence-electron chi connectivity index (χ1n) is 10.9. The molecule has 0 unspecified atom stereocenters. The molecule has 3 amide bonds. The monoisotopic (exact) mass is 433 g/mol. The number of H-pyrrole nitrogens is 1. The maximum atomic E-state index is 13.1. The van der Waals surface area contributed by atoms with Crippen molar-refractivity contribution in [3.8, 4) is 0 Å². The van der Waals surface area contributed by atoms with Crippen molar-refractivity contribution in [1.82, 2.24) is 19.8 Å². The zero-order valence-corrected chi connectivity index (χ0v) is 18.1. The molecule has 2 aromatic carbocycles. The average Bonchev–Trinajstić information content (AvgIpc) is 2.83. The van der Waals surface area contributed by atoms with Gasteiger partial charge in [-0.2, -0.15) is 0 Å². The van der Waals surface area contributed by atoms with E-state index in [2.05, 4.69) is 15.3 Å². The lowest BCUT2D eigenvalue weighted by Gasteiger charge is -2.34. The van der Waals surface area contributed by atoms with Gasteiger partial charge in [0.15, 0.2) is 0 Å². The fourth-order valence-corrected chi connectivity index (χ4v) is 4.05. The largest absolute Gasteiger partial charge is 0.335 e. The number of hydrogen-bond acceptors (Lipinski definition) is 4. The Labute approximate surface area is 186 Å². The number of benzene rings is 2. The second-order valence-corrected chi connectivity index (χ2v) is 7.94. The van der Waals surface area contributed by atoms with Crippen LogP contribution in [0.5, 0.6) is 0 Å². The van der Waals surface area contributed by atoms with Crippen molar-refractivity contribution in [1.29, 1.82) is 0 Å². The fraction of sp³-hybridized carbons (Fsp3) is 0.333. The van der Waals surface area contributed by atoms with E-state index in [0.29, 0.717) is 49.2 Å². The van der Waals surface area contributed by atoms with Gasteiger partial charge in [-0.25, -0.2) is 9.78 Å². The highest BCUT2D eigenvalue weighted by atomic mass is 16.2. The number of fused-ring (bicyclic) bond motifs is 1. The van der Waals surface area contributed by atoms with E-state index < -0.39 is 0 Å². The van der Waals surface area contributed by atoms with Crippen LogP contribution in [0.4, 0.5) is 10.5 Å². The molecule has 0 saturated carbocycles. The highest BCUT2D eigenvalue weighted by molar-refractivity contribution is 5.89. The molecule has 1 aliphatic rings. The van der Waals surface area contributed by atoms with Crippen LogP contribution >= 0.6 is 0 Å². The molecule has 8 nitrogen and oxygen atoms in total. The molecule has 166 valence electrons. The van der Waals surface area contributed by atoms with Crippen molar-refractivity contribution >= 4 is 28.5 Å². The molecule has 0 bridgehead atoms. The minimum absolute atomic E-state index is 0.0337. The van der Waals surface area contributed by atoms with Gasteiger partial charge in [0.2, 0.25) is 5.91 Å². The van der Waals surface area contributed by atoms with Crippen LogP contribution in [0.2, 0.25) is 0 Å². The molecule has 2 heterocycles. The minimum atomic E-state index is -0.202. The number of likely N-dealkylation sites (tertiary alicyclic amines) is 1. The van der Waals surface area contributed by atoms with Gasteiger partial charge in [-0.3, -0.25) is 9.59 Å². The maximum Gasteiger partial charge on any atom is 0.321 e. The lowest BCUT2D eigenvalue weighted by molar-refractivity contribution is -0.137. The van der Waals surface area contributed by atoms with E-state index in [1.165, 1.54) is 0 Å². The molecule has 2 N–H and O–H groups in total. The molecule has 0 aliphatic carbocycles. The molecule has 1 fully saturated rings. The number of anilines is 1. The predicted molar refractivity (Wildman–Crippen MR) is 123 cm³/mol. The van der Waals surface area contributed by atoms with Crippen LogP contribution in [0.25, 0.3) is 10.9 Å². The van der Waals surface area contributed by atoms with E-state index in [0.717, 1.165) is 5.69 Å². The van der Waals surface area contributed by atoms with E-state index >= 15 is 0 Å². The average molecular weight is 434 g/mol. The minimum Gasteiger partial charge on any atom is -0.335 e. The fourth-order valence-electron chi connectivity index (χ4n) is 4.05. The molecule has 0 spiro atoms. The van der Waals surface area contributed by atoms with Crippen molar-refractivity contribution in [3.63, 3.8) is 0 Å². The third-order valence-corrected chi connectivity index (χ3v) is 5.85.